The SMILES string of the molecule is C=N/C=N\CN(c1ccccc1)c1ccc(-n2c3ccccc3c3ccc(B4OC(C)(C)C(C)(C)O4)cc32)cc1.C=NCc1ccccc1. The summed E-state index contributed by atoms with van der Waals surface area (Å²) in [4.78, 5) is 14.1. The largest absolute Gasteiger partial charge is 0.494 e. The molecule has 49 heavy (non-hydrogen) atoms. The second kappa shape index (κ2) is 14.4. The highest BCUT2D eigenvalue weighted by Crippen LogP contribution is 2.38. The molecule has 7 rings (SSSR count). The van der Waals surface area contributed by atoms with Gasteiger partial charge >= 0.3 is 7.12 Å². The van der Waals surface area contributed by atoms with Gasteiger partial charge < -0.3 is 18.8 Å². The first-order valence-electron chi connectivity index (χ1n) is 16.4. The molecule has 7 nitrogen and oxygen atoms in total. The van der Waals surface area contributed by atoms with E-state index in [4.69, 9.17) is 9.31 Å². The van der Waals surface area contributed by atoms with Gasteiger partial charge in [-0.05, 0) is 101 Å². The van der Waals surface area contributed by atoms with Crippen molar-refractivity contribution < 1.29 is 9.31 Å². The van der Waals surface area contributed by atoms with Crippen molar-refractivity contribution in [3.63, 3.8) is 0 Å². The van der Waals surface area contributed by atoms with E-state index in [1.54, 1.807) is 0 Å². The highest BCUT2D eigenvalue weighted by Gasteiger charge is 2.51. The number of aliphatic imine (C=N–C) groups is 3. The number of hydrogen-bond donors (Lipinski definition) is 0. The molecule has 8 heteroatoms. The Bertz CT molecular complexity index is 2060. The minimum absolute atomic E-state index is 0.397. The molecule has 246 valence electrons. The van der Waals surface area contributed by atoms with Gasteiger partial charge in [0.1, 0.15) is 13.0 Å². The molecule has 0 bridgehead atoms. The van der Waals surface area contributed by atoms with E-state index in [1.165, 1.54) is 22.7 Å². The molecule has 0 radical (unpaired) electrons. The standard InChI is InChI=1S/C33H33BN4O2.C8H9N/c1-32(2)33(3,4)40-34(39-32)24-15-20-29-28-13-9-10-14-30(28)38(31(29)21-24)27-18-16-26(17-19-27)37(23-36-22-35-5)25-11-7-6-8-12-25;1-9-7-8-5-3-2-4-6-8/h6-22H,5,23H2,1-4H3;2-6H,1,7H2/b36-22-;. The van der Waals surface area contributed by atoms with Crippen LogP contribution in [0.3, 0.4) is 0 Å². The lowest BCUT2D eigenvalue weighted by molar-refractivity contribution is 0.00578. The second-order valence-corrected chi connectivity index (χ2v) is 13.0. The van der Waals surface area contributed by atoms with Gasteiger partial charge in [0.2, 0.25) is 0 Å². The molecule has 1 aliphatic heterocycles. The highest BCUT2D eigenvalue weighted by atomic mass is 16.7. The van der Waals surface area contributed by atoms with Crippen LogP contribution in [0.4, 0.5) is 11.4 Å². The van der Waals surface area contributed by atoms with Gasteiger partial charge in [0, 0.05) is 27.8 Å². The molecule has 0 N–H and O–H groups in total. The first-order chi connectivity index (χ1) is 23.7. The molecule has 6 aromatic rings. The van der Waals surface area contributed by atoms with E-state index >= 15 is 0 Å². The summed E-state index contributed by atoms with van der Waals surface area (Å²) in [6.45, 7) is 16.4. The third-order valence-electron chi connectivity index (χ3n) is 9.23. The molecule has 0 saturated carbocycles. The lowest BCUT2D eigenvalue weighted by Gasteiger charge is -2.32. The first kappa shape index (κ1) is 33.6. The zero-order valence-corrected chi connectivity index (χ0v) is 28.7. The Morgan fingerprint density at radius 2 is 1.29 bits per heavy atom. The van der Waals surface area contributed by atoms with E-state index in [-0.39, 0.29) is 0 Å². The van der Waals surface area contributed by atoms with Gasteiger partial charge in [0.15, 0.2) is 0 Å². The normalized spacial score (nSPS) is 14.9. The van der Waals surface area contributed by atoms with Gasteiger partial charge in [0.25, 0.3) is 0 Å². The van der Waals surface area contributed by atoms with Crippen molar-refractivity contribution in [1.29, 1.82) is 0 Å². The predicted octanol–water partition coefficient (Wildman–Crippen LogP) is 8.79. The summed E-state index contributed by atoms with van der Waals surface area (Å²) in [5.74, 6) is 0. The molecule has 0 amide bonds. The molecular weight excluding hydrogens is 605 g/mol. The Balaban J connectivity index is 0.000000403. The van der Waals surface area contributed by atoms with Crippen LogP contribution in [0.15, 0.2) is 142 Å². The van der Waals surface area contributed by atoms with Gasteiger partial charge in [-0.2, -0.15) is 0 Å². The Kier molecular flexibility index (Phi) is 9.90. The maximum Gasteiger partial charge on any atom is 0.494 e. The Labute approximate surface area is 289 Å². The van der Waals surface area contributed by atoms with Crippen molar-refractivity contribution in [2.75, 3.05) is 11.6 Å². The van der Waals surface area contributed by atoms with Crippen molar-refractivity contribution in [3.8, 4) is 5.69 Å². The minimum Gasteiger partial charge on any atom is -0.399 e. The third-order valence-corrected chi connectivity index (χ3v) is 9.23. The minimum atomic E-state index is -0.423. The van der Waals surface area contributed by atoms with Gasteiger partial charge in [-0.3, -0.25) is 15.0 Å². The number of anilines is 2. The van der Waals surface area contributed by atoms with Gasteiger partial charge in [-0.1, -0.05) is 78.9 Å². The third kappa shape index (κ3) is 7.11. The number of hydrogen-bond acceptors (Lipinski definition) is 5. The van der Waals surface area contributed by atoms with Crippen LogP contribution in [-0.2, 0) is 15.9 Å². The molecule has 1 saturated heterocycles. The van der Waals surface area contributed by atoms with Crippen LogP contribution in [0.25, 0.3) is 27.5 Å². The lowest BCUT2D eigenvalue weighted by Crippen LogP contribution is -2.41. The maximum atomic E-state index is 6.38. The Hall–Kier alpha value is -5.31. The molecule has 5 aromatic carbocycles. The van der Waals surface area contributed by atoms with Crippen LogP contribution in [0.1, 0.15) is 33.3 Å². The van der Waals surface area contributed by atoms with Gasteiger partial charge in [-0.15, -0.1) is 0 Å². The Morgan fingerprint density at radius 1 is 0.694 bits per heavy atom. The van der Waals surface area contributed by atoms with Crippen molar-refractivity contribution >= 4 is 65.5 Å². The average molecular weight is 648 g/mol. The van der Waals surface area contributed by atoms with E-state index in [1.807, 2.05) is 48.5 Å². The fourth-order valence-electron chi connectivity index (χ4n) is 5.98. The molecule has 0 atom stereocenters. The first-order valence-corrected chi connectivity index (χ1v) is 16.4. The van der Waals surface area contributed by atoms with Crippen LogP contribution < -0.4 is 10.4 Å². The molecule has 1 aromatic heterocycles. The van der Waals surface area contributed by atoms with E-state index in [2.05, 4.69) is 144 Å². The zero-order valence-electron chi connectivity index (χ0n) is 28.7. The number of benzene rings is 5. The number of rotatable bonds is 9. The van der Waals surface area contributed by atoms with Gasteiger partial charge in [0.05, 0.1) is 28.8 Å². The van der Waals surface area contributed by atoms with Crippen molar-refractivity contribution in [2.45, 2.75) is 45.4 Å². The highest BCUT2D eigenvalue weighted by molar-refractivity contribution is 6.62. The summed E-state index contributed by atoms with van der Waals surface area (Å²) in [5.41, 5.74) is 6.86. The fraction of sp³-hybridized carbons (Fsp3) is 0.195. The smallest absolute Gasteiger partial charge is 0.399 e. The van der Waals surface area contributed by atoms with E-state index < -0.39 is 18.3 Å². The number of fused-ring (bicyclic) bond motifs is 3. The molecule has 1 fully saturated rings. The van der Waals surface area contributed by atoms with E-state index in [0.717, 1.165) is 40.1 Å². The molecular formula is C41H42BN5O2. The van der Waals surface area contributed by atoms with Crippen LogP contribution in [0, 0.1) is 0 Å². The monoisotopic (exact) mass is 647 g/mol. The number of aromatic nitrogens is 1. The summed E-state index contributed by atoms with van der Waals surface area (Å²) >= 11 is 0. The summed E-state index contributed by atoms with van der Waals surface area (Å²) in [6.07, 6.45) is 1.49. The van der Waals surface area contributed by atoms with Crippen LogP contribution in [-0.4, -0.2) is 49.3 Å². The van der Waals surface area contributed by atoms with Crippen LogP contribution in [0.2, 0.25) is 0 Å². The molecule has 1 aliphatic rings. The molecule has 0 aliphatic carbocycles. The summed E-state index contributed by atoms with van der Waals surface area (Å²) in [7, 11) is -0.423. The zero-order chi connectivity index (χ0) is 34.4. The molecule has 0 spiro atoms. The molecule has 2 heterocycles. The lowest BCUT2D eigenvalue weighted by atomic mass is 9.79. The second-order valence-electron chi connectivity index (χ2n) is 13.0. The molecule has 0 unspecified atom stereocenters. The number of nitrogens with zero attached hydrogens (tertiary/aromatic N) is 5. The predicted molar refractivity (Wildman–Crippen MR) is 208 cm³/mol. The number of para-hydroxylation sites is 2. The van der Waals surface area contributed by atoms with Crippen molar-refractivity contribution in [3.05, 3.63) is 133 Å². The van der Waals surface area contributed by atoms with E-state index in [9.17, 15) is 0 Å². The van der Waals surface area contributed by atoms with Crippen LogP contribution in [0.5, 0.6) is 0 Å². The van der Waals surface area contributed by atoms with E-state index in [0.29, 0.717) is 6.67 Å². The fourth-order valence-corrected chi connectivity index (χ4v) is 5.98. The maximum absolute atomic E-state index is 6.38. The van der Waals surface area contributed by atoms with Crippen molar-refractivity contribution in [2.24, 2.45) is 15.0 Å². The topological polar surface area (TPSA) is 63.7 Å². The van der Waals surface area contributed by atoms with Crippen LogP contribution >= 0.6 is 0 Å². The Morgan fingerprint density at radius 3 is 1.94 bits per heavy atom. The van der Waals surface area contributed by atoms with Gasteiger partial charge in [-0.25, -0.2) is 0 Å². The summed E-state index contributed by atoms with van der Waals surface area (Å²) in [5, 5.41) is 2.40. The summed E-state index contributed by atoms with van der Waals surface area (Å²) < 4.78 is 15.1. The summed E-state index contributed by atoms with van der Waals surface area (Å²) in [6, 6.07) is 43.9. The quantitative estimate of drug-likeness (QED) is 0.0896. The average Bonchev–Trinajstić information content (AvgIpc) is 3.56. The van der Waals surface area contributed by atoms with Crippen molar-refractivity contribution in [1.82, 2.24) is 4.57 Å².